The van der Waals surface area contributed by atoms with Gasteiger partial charge in [-0.25, -0.2) is 16.8 Å². The number of nitrogens with zero attached hydrogens (tertiary/aromatic N) is 1. The molecule has 1 fully saturated rings. The fourth-order valence-corrected chi connectivity index (χ4v) is 6.77. The van der Waals surface area contributed by atoms with Crippen molar-refractivity contribution in [2.45, 2.75) is 35.8 Å². The minimum Gasteiger partial charge on any atom is -0.497 e. The lowest BCUT2D eigenvalue weighted by Gasteiger charge is -2.37. The van der Waals surface area contributed by atoms with E-state index in [1.165, 1.54) is 23.5 Å². The number of sulfonamides is 1. The fraction of sp³-hybridized carbons (Fsp3) is 0.368. The van der Waals surface area contributed by atoms with Crippen LogP contribution >= 0.6 is 0 Å². The van der Waals surface area contributed by atoms with E-state index in [1.807, 2.05) is 19.9 Å². The van der Waals surface area contributed by atoms with Crippen LogP contribution in [-0.2, 0) is 19.9 Å². The van der Waals surface area contributed by atoms with Gasteiger partial charge in [-0.15, -0.1) is 0 Å². The summed E-state index contributed by atoms with van der Waals surface area (Å²) < 4.78 is 57.5. The second-order valence-electron chi connectivity index (χ2n) is 6.87. The summed E-state index contributed by atoms with van der Waals surface area (Å²) >= 11 is 0. The lowest BCUT2D eigenvalue weighted by Crippen LogP contribution is -2.56. The zero-order valence-corrected chi connectivity index (χ0v) is 17.4. The van der Waals surface area contributed by atoms with Gasteiger partial charge < -0.3 is 4.74 Å². The van der Waals surface area contributed by atoms with Crippen LogP contribution in [0.5, 0.6) is 5.75 Å². The largest absolute Gasteiger partial charge is 0.497 e. The molecule has 1 aliphatic heterocycles. The normalized spacial score (nSPS) is 16.1. The Morgan fingerprint density at radius 1 is 0.889 bits per heavy atom. The van der Waals surface area contributed by atoms with E-state index in [2.05, 4.69) is 0 Å². The SMILES string of the molecule is COc1ccc(S(=O)(=O)C2CN(S(=O)(=O)c3cc(C)c(C)cc3C)C2)cc1. The second kappa shape index (κ2) is 6.92. The zero-order chi connectivity index (χ0) is 20.0. The molecule has 3 rings (SSSR count). The van der Waals surface area contributed by atoms with E-state index in [0.29, 0.717) is 11.3 Å². The van der Waals surface area contributed by atoms with Gasteiger partial charge in [-0.05, 0) is 67.8 Å². The maximum absolute atomic E-state index is 12.9. The van der Waals surface area contributed by atoms with Crippen molar-refractivity contribution in [3.63, 3.8) is 0 Å². The first-order valence-corrected chi connectivity index (χ1v) is 11.5. The van der Waals surface area contributed by atoms with E-state index < -0.39 is 25.1 Å². The first-order valence-electron chi connectivity index (χ1n) is 8.53. The highest BCUT2D eigenvalue weighted by atomic mass is 32.2. The van der Waals surface area contributed by atoms with Crippen LogP contribution < -0.4 is 4.74 Å². The Bertz CT molecular complexity index is 1070. The van der Waals surface area contributed by atoms with Gasteiger partial charge in [0.1, 0.15) is 5.75 Å². The quantitative estimate of drug-likeness (QED) is 0.758. The van der Waals surface area contributed by atoms with E-state index in [1.54, 1.807) is 25.1 Å². The number of rotatable bonds is 5. The van der Waals surface area contributed by atoms with Gasteiger partial charge in [-0.3, -0.25) is 0 Å². The van der Waals surface area contributed by atoms with Crippen LogP contribution in [0.3, 0.4) is 0 Å². The monoisotopic (exact) mass is 409 g/mol. The molecule has 0 saturated carbocycles. The molecule has 0 spiro atoms. The molecular formula is C19H23NO5S2. The van der Waals surface area contributed by atoms with Crippen LogP contribution in [0.15, 0.2) is 46.2 Å². The van der Waals surface area contributed by atoms with Gasteiger partial charge in [-0.2, -0.15) is 4.31 Å². The summed E-state index contributed by atoms with van der Waals surface area (Å²) in [6.07, 6.45) is 0. The molecule has 0 amide bonds. The molecule has 0 N–H and O–H groups in total. The minimum absolute atomic E-state index is 0.0386. The molecule has 27 heavy (non-hydrogen) atoms. The Hall–Kier alpha value is -1.90. The average Bonchev–Trinajstić information content (AvgIpc) is 2.56. The molecule has 8 heteroatoms. The van der Waals surface area contributed by atoms with Crippen LogP contribution in [0.4, 0.5) is 0 Å². The molecular weight excluding hydrogens is 386 g/mol. The van der Waals surface area contributed by atoms with Crippen LogP contribution in [-0.4, -0.2) is 46.6 Å². The first-order chi connectivity index (χ1) is 12.6. The number of hydrogen-bond donors (Lipinski definition) is 0. The van der Waals surface area contributed by atoms with Gasteiger partial charge in [0, 0.05) is 13.1 Å². The van der Waals surface area contributed by atoms with Crippen molar-refractivity contribution in [3.8, 4) is 5.75 Å². The Labute approximate surface area is 160 Å². The van der Waals surface area contributed by atoms with E-state index in [4.69, 9.17) is 4.74 Å². The van der Waals surface area contributed by atoms with Crippen molar-refractivity contribution in [1.29, 1.82) is 0 Å². The fourth-order valence-electron chi connectivity index (χ4n) is 3.10. The third kappa shape index (κ3) is 3.49. The van der Waals surface area contributed by atoms with E-state index in [-0.39, 0.29) is 22.9 Å². The third-order valence-electron chi connectivity index (χ3n) is 5.05. The molecule has 1 heterocycles. The van der Waals surface area contributed by atoms with Gasteiger partial charge in [0.25, 0.3) is 0 Å². The molecule has 0 unspecified atom stereocenters. The number of ether oxygens (including phenoxy) is 1. The maximum Gasteiger partial charge on any atom is 0.243 e. The lowest BCUT2D eigenvalue weighted by molar-refractivity contribution is 0.309. The smallest absolute Gasteiger partial charge is 0.243 e. The first kappa shape index (κ1) is 19.9. The molecule has 2 aromatic rings. The number of hydrogen-bond acceptors (Lipinski definition) is 5. The molecule has 0 bridgehead atoms. The maximum atomic E-state index is 12.9. The van der Waals surface area contributed by atoms with Crippen LogP contribution in [0.1, 0.15) is 16.7 Å². The van der Waals surface area contributed by atoms with Crippen molar-refractivity contribution >= 4 is 19.9 Å². The molecule has 0 atom stereocenters. The Kier molecular flexibility index (Phi) is 5.09. The molecule has 0 aliphatic carbocycles. The van der Waals surface area contributed by atoms with Gasteiger partial charge in [0.2, 0.25) is 10.0 Å². The van der Waals surface area contributed by atoms with E-state index in [9.17, 15) is 16.8 Å². The number of methoxy groups -OCH3 is 1. The van der Waals surface area contributed by atoms with Crippen LogP contribution in [0.2, 0.25) is 0 Å². The Morgan fingerprint density at radius 2 is 1.44 bits per heavy atom. The predicted octanol–water partition coefficient (Wildman–Crippen LogP) is 2.47. The second-order valence-corrected chi connectivity index (χ2v) is 11.0. The summed E-state index contributed by atoms with van der Waals surface area (Å²) in [7, 11) is -5.79. The van der Waals surface area contributed by atoms with Crippen LogP contribution in [0.25, 0.3) is 0 Å². The summed E-state index contributed by atoms with van der Waals surface area (Å²) in [5, 5.41) is -0.743. The van der Waals surface area contributed by atoms with Gasteiger partial charge >= 0.3 is 0 Å². The summed E-state index contributed by atoms with van der Waals surface area (Å²) in [4.78, 5) is 0.415. The standard InChI is InChI=1S/C19H23NO5S2/c1-13-9-15(3)19(10-14(13)2)27(23,24)20-11-18(12-20)26(21,22)17-7-5-16(25-4)6-8-17/h5-10,18H,11-12H2,1-4H3. The molecule has 1 aliphatic rings. The summed E-state index contributed by atoms with van der Waals surface area (Å²) in [5.41, 5.74) is 2.58. The number of aryl methyl sites for hydroxylation is 3. The molecule has 0 radical (unpaired) electrons. The third-order valence-corrected chi connectivity index (χ3v) is 9.13. The highest BCUT2D eigenvalue weighted by Gasteiger charge is 2.44. The summed E-state index contributed by atoms with van der Waals surface area (Å²) in [5.74, 6) is 0.567. The van der Waals surface area contributed by atoms with Crippen molar-refractivity contribution < 1.29 is 21.6 Å². The molecule has 1 saturated heterocycles. The summed E-state index contributed by atoms with van der Waals surface area (Å²) in [6.45, 7) is 5.47. The molecule has 2 aromatic carbocycles. The number of benzene rings is 2. The van der Waals surface area contributed by atoms with Gasteiger partial charge in [0.05, 0.1) is 22.2 Å². The van der Waals surface area contributed by atoms with Crippen LogP contribution in [0, 0.1) is 20.8 Å². The van der Waals surface area contributed by atoms with Crippen molar-refractivity contribution in [1.82, 2.24) is 4.31 Å². The summed E-state index contributed by atoms with van der Waals surface area (Å²) in [6, 6.07) is 9.63. The van der Waals surface area contributed by atoms with Gasteiger partial charge in [-0.1, -0.05) is 6.07 Å². The lowest BCUT2D eigenvalue weighted by atomic mass is 10.1. The van der Waals surface area contributed by atoms with Crippen molar-refractivity contribution in [2.24, 2.45) is 0 Å². The van der Waals surface area contributed by atoms with Crippen molar-refractivity contribution in [2.75, 3.05) is 20.2 Å². The average molecular weight is 410 g/mol. The van der Waals surface area contributed by atoms with Gasteiger partial charge in [0.15, 0.2) is 9.84 Å². The molecule has 0 aromatic heterocycles. The Balaban J connectivity index is 1.81. The highest BCUT2D eigenvalue weighted by Crippen LogP contribution is 2.31. The van der Waals surface area contributed by atoms with E-state index >= 15 is 0 Å². The zero-order valence-electron chi connectivity index (χ0n) is 15.8. The highest BCUT2D eigenvalue weighted by molar-refractivity contribution is 7.92. The number of sulfone groups is 1. The minimum atomic E-state index is -3.71. The molecule has 146 valence electrons. The van der Waals surface area contributed by atoms with E-state index in [0.717, 1.165) is 11.1 Å². The molecule has 6 nitrogen and oxygen atoms in total. The topological polar surface area (TPSA) is 80.8 Å². The Morgan fingerprint density at radius 3 is 2.00 bits per heavy atom. The van der Waals surface area contributed by atoms with Crippen molar-refractivity contribution in [3.05, 3.63) is 53.1 Å². The predicted molar refractivity (Wildman–Crippen MR) is 103 cm³/mol.